The second-order valence-electron chi connectivity index (χ2n) is 5.19. The van der Waals surface area contributed by atoms with Crippen LogP contribution in [0.5, 0.6) is 5.75 Å². The maximum absolute atomic E-state index is 13.2. The molecule has 0 heterocycles. The fourth-order valence-electron chi connectivity index (χ4n) is 2.11. The van der Waals surface area contributed by atoms with Gasteiger partial charge in [-0.05, 0) is 35.9 Å². The Morgan fingerprint density at radius 2 is 1.83 bits per heavy atom. The quantitative estimate of drug-likeness (QED) is 0.604. The number of halogens is 2. The lowest BCUT2D eigenvalue weighted by atomic mass is 9.97. The van der Waals surface area contributed by atoms with Crippen molar-refractivity contribution in [3.05, 3.63) is 70.6 Å². The highest BCUT2D eigenvalue weighted by Gasteiger charge is 2.18. The molecule has 2 rings (SSSR count). The van der Waals surface area contributed by atoms with Crippen molar-refractivity contribution >= 4 is 23.0 Å². The van der Waals surface area contributed by atoms with Gasteiger partial charge >= 0.3 is 0 Å². The third-order valence-electron chi connectivity index (χ3n) is 3.21. The van der Waals surface area contributed by atoms with E-state index >= 15 is 0 Å². The molecule has 23 heavy (non-hydrogen) atoms. The van der Waals surface area contributed by atoms with Crippen molar-refractivity contribution in [2.24, 2.45) is 0 Å². The number of hydrogen-bond donors (Lipinski definition) is 0. The summed E-state index contributed by atoms with van der Waals surface area (Å²) >= 11 is 6.02. The number of methoxy groups -OCH3 is 1. The summed E-state index contributed by atoms with van der Waals surface area (Å²) in [7, 11) is 5.22. The molecule has 0 saturated carbocycles. The summed E-state index contributed by atoms with van der Waals surface area (Å²) < 4.78 is 18.3. The fourth-order valence-corrected chi connectivity index (χ4v) is 2.36. The van der Waals surface area contributed by atoms with E-state index in [1.807, 2.05) is 14.1 Å². The summed E-state index contributed by atoms with van der Waals surface area (Å²) in [5.74, 6) is -0.0479. The third-order valence-corrected chi connectivity index (χ3v) is 3.52. The SMILES string of the molecule is COc1ccc(/C(=C\N(C)C)C(=O)c2ccc(F)cc2Cl)cc1. The number of hydrogen-bond acceptors (Lipinski definition) is 3. The molecule has 0 bridgehead atoms. The average molecular weight is 334 g/mol. The smallest absolute Gasteiger partial charge is 0.196 e. The monoisotopic (exact) mass is 333 g/mol. The fraction of sp³-hybridized carbons (Fsp3) is 0.167. The molecule has 2 aromatic carbocycles. The van der Waals surface area contributed by atoms with Crippen LogP contribution in [0, 0.1) is 5.82 Å². The van der Waals surface area contributed by atoms with Crippen molar-refractivity contribution < 1.29 is 13.9 Å². The average Bonchev–Trinajstić information content (AvgIpc) is 2.52. The van der Waals surface area contributed by atoms with E-state index in [1.54, 1.807) is 42.5 Å². The molecule has 0 fully saturated rings. The molecule has 0 aromatic heterocycles. The number of carbonyl (C=O) groups excluding carboxylic acids is 1. The van der Waals surface area contributed by atoms with Gasteiger partial charge in [-0.2, -0.15) is 0 Å². The van der Waals surface area contributed by atoms with Gasteiger partial charge in [0, 0.05) is 31.4 Å². The van der Waals surface area contributed by atoms with Gasteiger partial charge in [-0.3, -0.25) is 4.79 Å². The molecular weight excluding hydrogens is 317 g/mol. The van der Waals surface area contributed by atoms with Crippen LogP contribution in [0.15, 0.2) is 48.7 Å². The molecule has 0 N–H and O–H groups in total. The van der Waals surface area contributed by atoms with Crippen LogP contribution in [-0.4, -0.2) is 31.9 Å². The van der Waals surface area contributed by atoms with Crippen LogP contribution in [-0.2, 0) is 0 Å². The van der Waals surface area contributed by atoms with E-state index in [9.17, 15) is 9.18 Å². The number of ether oxygens (including phenoxy) is 1. The minimum absolute atomic E-state index is 0.0909. The molecular formula is C18H17ClFNO2. The van der Waals surface area contributed by atoms with Crippen molar-refractivity contribution in [2.75, 3.05) is 21.2 Å². The lowest BCUT2D eigenvalue weighted by molar-refractivity contribution is 0.105. The first-order valence-corrected chi connectivity index (χ1v) is 7.32. The van der Waals surface area contributed by atoms with Gasteiger partial charge in [0.2, 0.25) is 0 Å². The van der Waals surface area contributed by atoms with Crippen LogP contribution in [0.4, 0.5) is 4.39 Å². The van der Waals surface area contributed by atoms with E-state index in [2.05, 4.69) is 0 Å². The summed E-state index contributed by atoms with van der Waals surface area (Å²) in [4.78, 5) is 14.6. The predicted molar refractivity (Wildman–Crippen MR) is 90.4 cm³/mol. The number of allylic oxidation sites excluding steroid dienone is 1. The van der Waals surface area contributed by atoms with Gasteiger partial charge in [0.15, 0.2) is 5.78 Å². The molecule has 0 spiro atoms. The first-order valence-electron chi connectivity index (χ1n) is 6.95. The third kappa shape index (κ3) is 4.11. The van der Waals surface area contributed by atoms with Crippen LogP contribution in [0.25, 0.3) is 5.57 Å². The Bertz CT molecular complexity index is 739. The number of nitrogens with zero attached hydrogens (tertiary/aromatic N) is 1. The Kier molecular flexibility index (Phi) is 5.40. The molecule has 0 atom stereocenters. The van der Waals surface area contributed by atoms with Crippen LogP contribution in [0.3, 0.4) is 0 Å². The van der Waals surface area contributed by atoms with Gasteiger partial charge in [0.1, 0.15) is 11.6 Å². The number of ketones is 1. The molecule has 2 aromatic rings. The molecule has 5 heteroatoms. The number of rotatable bonds is 5. The highest BCUT2D eigenvalue weighted by molar-refractivity contribution is 6.39. The van der Waals surface area contributed by atoms with Crippen molar-refractivity contribution in [1.29, 1.82) is 0 Å². The van der Waals surface area contributed by atoms with Crippen molar-refractivity contribution in [2.45, 2.75) is 0 Å². The van der Waals surface area contributed by atoms with Crippen molar-refractivity contribution in [3.8, 4) is 5.75 Å². The number of Topliss-reactive ketones (excluding diaryl/α,β-unsaturated/α-hetero) is 1. The van der Waals surface area contributed by atoms with Crippen molar-refractivity contribution in [1.82, 2.24) is 4.90 Å². The Balaban J connectivity index is 2.47. The number of benzene rings is 2. The van der Waals surface area contributed by atoms with Crippen LogP contribution in [0.2, 0.25) is 5.02 Å². The van der Waals surface area contributed by atoms with E-state index in [0.717, 1.165) is 11.6 Å². The zero-order valence-electron chi connectivity index (χ0n) is 13.1. The zero-order chi connectivity index (χ0) is 17.0. The highest BCUT2D eigenvalue weighted by atomic mass is 35.5. The van der Waals surface area contributed by atoms with Crippen LogP contribution >= 0.6 is 11.6 Å². The minimum atomic E-state index is -0.478. The van der Waals surface area contributed by atoms with Crippen LogP contribution in [0.1, 0.15) is 15.9 Å². The first kappa shape index (κ1) is 17.0. The molecule has 3 nitrogen and oxygen atoms in total. The molecule has 0 saturated heterocycles. The molecule has 0 aliphatic carbocycles. The number of carbonyl (C=O) groups is 1. The Labute approximate surface area is 139 Å². The lowest BCUT2D eigenvalue weighted by Gasteiger charge is -2.13. The highest BCUT2D eigenvalue weighted by Crippen LogP contribution is 2.26. The standard InChI is InChI=1S/C18H17ClFNO2/c1-21(2)11-16(12-4-7-14(23-3)8-5-12)18(22)15-9-6-13(20)10-17(15)19/h4-11H,1-3H3/b16-11+. The van der Waals surface area contributed by atoms with E-state index in [-0.39, 0.29) is 16.4 Å². The zero-order valence-corrected chi connectivity index (χ0v) is 13.9. The second kappa shape index (κ2) is 7.29. The van der Waals surface area contributed by atoms with Gasteiger partial charge in [-0.25, -0.2) is 4.39 Å². The van der Waals surface area contributed by atoms with Crippen LogP contribution < -0.4 is 4.74 Å². The van der Waals surface area contributed by atoms with Gasteiger partial charge in [-0.1, -0.05) is 23.7 Å². The molecule has 0 amide bonds. The lowest BCUT2D eigenvalue weighted by Crippen LogP contribution is -2.10. The van der Waals surface area contributed by atoms with Gasteiger partial charge in [0.05, 0.1) is 12.1 Å². The summed E-state index contributed by atoms with van der Waals surface area (Å²) in [6.07, 6.45) is 1.71. The Morgan fingerprint density at radius 1 is 1.17 bits per heavy atom. The second-order valence-corrected chi connectivity index (χ2v) is 5.60. The summed E-state index contributed by atoms with van der Waals surface area (Å²) in [5, 5.41) is 0.0909. The molecule has 0 aliphatic rings. The topological polar surface area (TPSA) is 29.5 Å². The van der Waals surface area contributed by atoms with Crippen molar-refractivity contribution in [3.63, 3.8) is 0 Å². The summed E-state index contributed by atoms with van der Waals surface area (Å²) in [5.41, 5.74) is 1.45. The van der Waals surface area contributed by atoms with E-state index in [1.165, 1.54) is 12.1 Å². The predicted octanol–water partition coefficient (Wildman–Crippen LogP) is 4.27. The molecule has 0 unspecified atom stereocenters. The largest absolute Gasteiger partial charge is 0.497 e. The minimum Gasteiger partial charge on any atom is -0.497 e. The normalized spacial score (nSPS) is 11.3. The molecule has 0 radical (unpaired) electrons. The Hall–Kier alpha value is -2.33. The molecule has 120 valence electrons. The maximum Gasteiger partial charge on any atom is 0.196 e. The van der Waals surface area contributed by atoms with E-state index in [4.69, 9.17) is 16.3 Å². The van der Waals surface area contributed by atoms with Gasteiger partial charge in [0.25, 0.3) is 0 Å². The summed E-state index contributed by atoms with van der Waals surface area (Å²) in [6.45, 7) is 0. The molecule has 0 aliphatic heterocycles. The Morgan fingerprint density at radius 3 is 2.35 bits per heavy atom. The van der Waals surface area contributed by atoms with Gasteiger partial charge < -0.3 is 9.64 Å². The van der Waals surface area contributed by atoms with E-state index < -0.39 is 5.82 Å². The maximum atomic E-state index is 13.2. The summed E-state index contributed by atoms with van der Waals surface area (Å²) in [6, 6.07) is 10.9. The van der Waals surface area contributed by atoms with Gasteiger partial charge in [-0.15, -0.1) is 0 Å². The van der Waals surface area contributed by atoms with E-state index in [0.29, 0.717) is 11.3 Å². The first-order chi connectivity index (χ1) is 10.9.